The van der Waals surface area contributed by atoms with Crippen molar-refractivity contribution in [2.75, 3.05) is 16.0 Å². The molecule has 0 saturated heterocycles. The summed E-state index contributed by atoms with van der Waals surface area (Å²) >= 11 is 1.49. The van der Waals surface area contributed by atoms with E-state index in [2.05, 4.69) is 10.6 Å². The van der Waals surface area contributed by atoms with Gasteiger partial charge >= 0.3 is 6.03 Å². The van der Waals surface area contributed by atoms with Gasteiger partial charge in [0.05, 0.1) is 18.0 Å². The average Bonchev–Trinajstić information content (AvgIpc) is 2.76. The zero-order valence-corrected chi connectivity index (χ0v) is 17.8. The number of urea groups is 1. The van der Waals surface area contributed by atoms with E-state index in [4.69, 9.17) is 0 Å². The lowest BCUT2D eigenvalue weighted by Gasteiger charge is -2.29. The van der Waals surface area contributed by atoms with Gasteiger partial charge in [-0.3, -0.25) is 4.79 Å². The Morgan fingerprint density at radius 3 is 2.65 bits per heavy atom. The molecule has 2 N–H and O–H groups in total. The van der Waals surface area contributed by atoms with Gasteiger partial charge in [-0.25, -0.2) is 9.18 Å². The number of nitrogens with zero attached hydrogens (tertiary/aromatic N) is 1. The van der Waals surface area contributed by atoms with Crippen molar-refractivity contribution in [3.8, 4) is 0 Å². The SMILES string of the molecule is Cc1ccc(CN2C(=O)CSc3ccc(NC(=O)NCc4cccc(F)c4)cc32)cc1. The lowest BCUT2D eigenvalue weighted by Crippen LogP contribution is -2.35. The van der Waals surface area contributed by atoms with Crippen molar-refractivity contribution in [2.45, 2.75) is 24.9 Å². The number of hydrogen-bond acceptors (Lipinski definition) is 3. The van der Waals surface area contributed by atoms with Crippen molar-refractivity contribution >= 4 is 35.1 Å². The van der Waals surface area contributed by atoms with Crippen LogP contribution in [-0.4, -0.2) is 17.7 Å². The molecule has 0 radical (unpaired) electrons. The Balaban J connectivity index is 1.47. The van der Waals surface area contributed by atoms with Gasteiger partial charge in [0.2, 0.25) is 5.91 Å². The van der Waals surface area contributed by atoms with Crippen molar-refractivity contribution in [2.24, 2.45) is 0 Å². The Hall–Kier alpha value is -3.32. The predicted molar refractivity (Wildman–Crippen MR) is 122 cm³/mol. The normalized spacial score (nSPS) is 13.0. The molecule has 158 valence electrons. The summed E-state index contributed by atoms with van der Waals surface area (Å²) in [4.78, 5) is 27.7. The van der Waals surface area contributed by atoms with E-state index in [1.54, 1.807) is 17.0 Å². The zero-order valence-electron chi connectivity index (χ0n) is 17.0. The number of carbonyl (C=O) groups excluding carboxylic acids is 2. The number of rotatable bonds is 5. The third kappa shape index (κ3) is 5.24. The number of halogens is 1. The Morgan fingerprint density at radius 2 is 1.87 bits per heavy atom. The molecule has 0 bridgehead atoms. The summed E-state index contributed by atoms with van der Waals surface area (Å²) in [5.74, 6) is 0.0794. The van der Waals surface area contributed by atoms with E-state index in [9.17, 15) is 14.0 Å². The van der Waals surface area contributed by atoms with Crippen LogP contribution in [0, 0.1) is 12.7 Å². The smallest absolute Gasteiger partial charge is 0.319 e. The molecular formula is C24H22FN3O2S. The van der Waals surface area contributed by atoms with Crippen molar-refractivity contribution in [3.05, 3.63) is 89.2 Å². The molecule has 0 atom stereocenters. The summed E-state index contributed by atoms with van der Waals surface area (Å²) in [6.45, 7) is 2.71. The first-order chi connectivity index (χ1) is 15.0. The second-order valence-corrected chi connectivity index (χ2v) is 8.39. The molecule has 1 aliphatic heterocycles. The standard InChI is InChI=1S/C24H22FN3O2S/c1-16-5-7-17(8-6-16)14-28-21-12-20(9-10-22(21)31-15-23(28)29)27-24(30)26-13-18-3-2-4-19(25)11-18/h2-12H,13-15H2,1H3,(H2,26,27,30). The highest BCUT2D eigenvalue weighted by atomic mass is 32.2. The summed E-state index contributed by atoms with van der Waals surface area (Å²) < 4.78 is 13.3. The van der Waals surface area contributed by atoms with Crippen LogP contribution in [0.3, 0.4) is 0 Å². The molecule has 3 aromatic rings. The van der Waals surface area contributed by atoms with E-state index in [1.165, 1.54) is 29.5 Å². The molecule has 1 aliphatic rings. The van der Waals surface area contributed by atoms with E-state index >= 15 is 0 Å². The van der Waals surface area contributed by atoms with Crippen LogP contribution in [0.25, 0.3) is 0 Å². The quantitative estimate of drug-likeness (QED) is 0.587. The molecule has 1 heterocycles. The summed E-state index contributed by atoms with van der Waals surface area (Å²) in [5.41, 5.74) is 4.25. The van der Waals surface area contributed by atoms with Gasteiger partial charge in [0.25, 0.3) is 0 Å². The van der Waals surface area contributed by atoms with Gasteiger partial charge in [0.1, 0.15) is 5.82 Å². The van der Waals surface area contributed by atoms with Crippen molar-refractivity contribution < 1.29 is 14.0 Å². The lowest BCUT2D eigenvalue weighted by atomic mass is 10.1. The van der Waals surface area contributed by atoms with Gasteiger partial charge in [-0.15, -0.1) is 11.8 Å². The monoisotopic (exact) mass is 435 g/mol. The third-order valence-electron chi connectivity index (χ3n) is 4.96. The number of amides is 3. The fourth-order valence-corrected chi connectivity index (χ4v) is 4.25. The van der Waals surface area contributed by atoms with Crippen molar-refractivity contribution in [1.82, 2.24) is 5.32 Å². The summed E-state index contributed by atoms with van der Waals surface area (Å²) in [6.07, 6.45) is 0. The minimum Gasteiger partial charge on any atom is -0.334 e. The fraction of sp³-hybridized carbons (Fsp3) is 0.167. The van der Waals surface area contributed by atoms with E-state index in [0.717, 1.165) is 16.1 Å². The van der Waals surface area contributed by atoms with Gasteiger partial charge in [0, 0.05) is 17.1 Å². The van der Waals surface area contributed by atoms with Gasteiger partial charge < -0.3 is 15.5 Å². The first-order valence-electron chi connectivity index (χ1n) is 9.90. The number of fused-ring (bicyclic) bond motifs is 1. The zero-order chi connectivity index (χ0) is 21.8. The Kier molecular flexibility index (Phi) is 6.23. The molecule has 0 aliphatic carbocycles. The van der Waals surface area contributed by atoms with Gasteiger partial charge in [-0.05, 0) is 48.4 Å². The molecule has 5 nitrogen and oxygen atoms in total. The average molecular weight is 436 g/mol. The number of anilines is 2. The van der Waals surface area contributed by atoms with Crippen LogP contribution >= 0.6 is 11.8 Å². The van der Waals surface area contributed by atoms with E-state index < -0.39 is 6.03 Å². The van der Waals surface area contributed by atoms with Crippen molar-refractivity contribution in [3.63, 3.8) is 0 Å². The Labute approximate surface area is 184 Å². The molecule has 0 fully saturated rings. The predicted octanol–water partition coefficient (Wildman–Crippen LogP) is 5.09. The van der Waals surface area contributed by atoms with E-state index in [0.29, 0.717) is 23.5 Å². The van der Waals surface area contributed by atoms with Gasteiger partial charge in [-0.1, -0.05) is 42.0 Å². The molecule has 0 saturated carbocycles. The third-order valence-corrected chi connectivity index (χ3v) is 6.01. The maximum absolute atomic E-state index is 13.3. The first kappa shape index (κ1) is 20.9. The fourth-order valence-electron chi connectivity index (χ4n) is 3.33. The number of aryl methyl sites for hydroxylation is 1. The molecule has 0 aromatic heterocycles. The largest absolute Gasteiger partial charge is 0.334 e. The maximum atomic E-state index is 13.3. The Bertz CT molecular complexity index is 1120. The van der Waals surface area contributed by atoms with E-state index in [-0.39, 0.29) is 18.3 Å². The van der Waals surface area contributed by atoms with Crippen LogP contribution in [-0.2, 0) is 17.9 Å². The molecule has 4 rings (SSSR count). The topological polar surface area (TPSA) is 61.4 Å². The number of hydrogen-bond donors (Lipinski definition) is 2. The maximum Gasteiger partial charge on any atom is 0.319 e. The van der Waals surface area contributed by atoms with E-state index in [1.807, 2.05) is 49.4 Å². The summed E-state index contributed by atoms with van der Waals surface area (Å²) in [6, 6.07) is 19.3. The molecule has 31 heavy (non-hydrogen) atoms. The summed E-state index contributed by atoms with van der Waals surface area (Å²) in [5, 5.41) is 5.51. The molecule has 0 spiro atoms. The molecule has 3 amide bonds. The van der Waals surface area contributed by atoms with Crippen LogP contribution in [0.15, 0.2) is 71.6 Å². The molecule has 0 unspecified atom stereocenters. The van der Waals surface area contributed by atoms with Gasteiger partial charge in [0.15, 0.2) is 0 Å². The number of benzene rings is 3. The highest BCUT2D eigenvalue weighted by molar-refractivity contribution is 8.00. The minimum absolute atomic E-state index is 0.0331. The highest BCUT2D eigenvalue weighted by Gasteiger charge is 2.25. The second kappa shape index (κ2) is 9.22. The van der Waals surface area contributed by atoms with Crippen LogP contribution < -0.4 is 15.5 Å². The first-order valence-corrected chi connectivity index (χ1v) is 10.9. The van der Waals surface area contributed by atoms with Crippen molar-refractivity contribution in [1.29, 1.82) is 0 Å². The number of nitrogens with one attached hydrogen (secondary N) is 2. The molecular weight excluding hydrogens is 413 g/mol. The lowest BCUT2D eigenvalue weighted by molar-refractivity contribution is -0.116. The highest BCUT2D eigenvalue weighted by Crippen LogP contribution is 2.38. The van der Waals surface area contributed by atoms with Crippen LogP contribution in [0.1, 0.15) is 16.7 Å². The van der Waals surface area contributed by atoms with Crippen LogP contribution in [0.2, 0.25) is 0 Å². The van der Waals surface area contributed by atoms with Crippen LogP contribution in [0.4, 0.5) is 20.6 Å². The second-order valence-electron chi connectivity index (χ2n) is 7.37. The van der Waals surface area contributed by atoms with Crippen LogP contribution in [0.5, 0.6) is 0 Å². The summed E-state index contributed by atoms with van der Waals surface area (Å²) in [7, 11) is 0. The minimum atomic E-state index is -0.399. The number of carbonyl (C=O) groups is 2. The van der Waals surface area contributed by atoms with Gasteiger partial charge in [-0.2, -0.15) is 0 Å². The molecule has 3 aromatic carbocycles. The molecule has 7 heteroatoms. The Morgan fingerprint density at radius 1 is 1.06 bits per heavy atom. The number of thioether (sulfide) groups is 1.